The van der Waals surface area contributed by atoms with E-state index in [0.29, 0.717) is 13.0 Å². The van der Waals surface area contributed by atoms with Gasteiger partial charge in [-0.3, -0.25) is 4.79 Å². The number of ether oxygens (including phenoxy) is 1. The Bertz CT molecular complexity index is 478. The van der Waals surface area contributed by atoms with Crippen molar-refractivity contribution in [3.8, 4) is 5.75 Å². The number of piperidine rings is 1. The largest absolute Gasteiger partial charge is 0.494 e. The maximum absolute atomic E-state index is 13.6. The maximum Gasteiger partial charge on any atom is 0.307 e. The molecule has 0 saturated carbocycles. The summed E-state index contributed by atoms with van der Waals surface area (Å²) >= 11 is 0. The third-order valence-electron chi connectivity index (χ3n) is 3.79. The lowest BCUT2D eigenvalue weighted by molar-refractivity contribution is -0.143. The van der Waals surface area contributed by atoms with Crippen molar-refractivity contribution in [2.75, 3.05) is 26.7 Å². The van der Waals surface area contributed by atoms with Gasteiger partial charge in [-0.2, -0.15) is 0 Å². The number of nitrogens with zero attached hydrogens (tertiary/aromatic N) is 1. The molecule has 1 aliphatic rings. The Labute approximate surface area is 118 Å². The quantitative estimate of drug-likeness (QED) is 0.898. The van der Waals surface area contributed by atoms with Gasteiger partial charge in [-0.05, 0) is 43.5 Å². The first-order valence-corrected chi connectivity index (χ1v) is 6.87. The molecule has 0 spiro atoms. The van der Waals surface area contributed by atoms with Crippen LogP contribution in [0, 0.1) is 11.7 Å². The number of hydrogen-bond acceptors (Lipinski definition) is 3. The van der Waals surface area contributed by atoms with E-state index < -0.39 is 5.97 Å². The van der Waals surface area contributed by atoms with Gasteiger partial charge in [0.05, 0.1) is 13.0 Å². The zero-order valence-electron chi connectivity index (χ0n) is 11.6. The second-order valence-corrected chi connectivity index (χ2v) is 5.20. The van der Waals surface area contributed by atoms with E-state index in [4.69, 9.17) is 9.84 Å². The van der Waals surface area contributed by atoms with Crippen LogP contribution in [0.25, 0.3) is 0 Å². The molecule has 5 heteroatoms. The van der Waals surface area contributed by atoms with Gasteiger partial charge in [0.25, 0.3) is 0 Å². The zero-order chi connectivity index (χ0) is 14.5. The monoisotopic (exact) mass is 281 g/mol. The lowest BCUT2D eigenvalue weighted by Gasteiger charge is -2.30. The summed E-state index contributed by atoms with van der Waals surface area (Å²) in [7, 11) is 1.44. The number of rotatable bonds is 5. The molecular formula is C15H20FNO3. The van der Waals surface area contributed by atoms with E-state index in [1.807, 2.05) is 6.07 Å². The van der Waals surface area contributed by atoms with E-state index in [-0.39, 0.29) is 17.5 Å². The molecule has 0 radical (unpaired) electrons. The Kier molecular flexibility index (Phi) is 4.95. The fourth-order valence-electron chi connectivity index (χ4n) is 2.61. The Morgan fingerprint density at radius 3 is 3.00 bits per heavy atom. The first-order valence-electron chi connectivity index (χ1n) is 6.87. The first kappa shape index (κ1) is 14.8. The molecule has 1 atom stereocenters. The van der Waals surface area contributed by atoms with Gasteiger partial charge in [-0.25, -0.2) is 4.39 Å². The third-order valence-corrected chi connectivity index (χ3v) is 3.79. The smallest absolute Gasteiger partial charge is 0.307 e. The number of benzene rings is 1. The van der Waals surface area contributed by atoms with Crippen LogP contribution < -0.4 is 4.74 Å². The highest BCUT2D eigenvalue weighted by Crippen LogP contribution is 2.20. The summed E-state index contributed by atoms with van der Waals surface area (Å²) in [5.74, 6) is -1.09. The highest BCUT2D eigenvalue weighted by Gasteiger charge is 2.24. The van der Waals surface area contributed by atoms with Crippen LogP contribution in [0.4, 0.5) is 4.39 Å². The Hall–Kier alpha value is -1.62. The molecule has 20 heavy (non-hydrogen) atoms. The molecule has 0 aliphatic carbocycles. The molecule has 0 aromatic heterocycles. The predicted molar refractivity (Wildman–Crippen MR) is 73.5 cm³/mol. The van der Waals surface area contributed by atoms with Crippen LogP contribution in [0.2, 0.25) is 0 Å². The summed E-state index contributed by atoms with van der Waals surface area (Å²) in [6.45, 7) is 2.27. The first-order chi connectivity index (χ1) is 9.60. The normalized spacial score (nSPS) is 19.8. The van der Waals surface area contributed by atoms with E-state index >= 15 is 0 Å². The van der Waals surface area contributed by atoms with Gasteiger partial charge in [0.1, 0.15) is 0 Å². The minimum Gasteiger partial charge on any atom is -0.494 e. The molecule has 1 saturated heterocycles. The van der Waals surface area contributed by atoms with Gasteiger partial charge >= 0.3 is 5.97 Å². The number of carboxylic acid groups (broad SMARTS) is 1. The highest BCUT2D eigenvalue weighted by molar-refractivity contribution is 5.70. The average Bonchev–Trinajstić information content (AvgIpc) is 2.45. The standard InChI is InChI=1S/C15H20FNO3/c1-20-14-5-4-11(9-13(14)16)6-8-17-7-2-3-12(10-17)15(18)19/h4-5,9,12H,2-3,6-8,10H2,1H3,(H,18,19). The molecule has 1 unspecified atom stereocenters. The summed E-state index contributed by atoms with van der Waals surface area (Å²) < 4.78 is 18.5. The van der Waals surface area contributed by atoms with Gasteiger partial charge in [0.15, 0.2) is 11.6 Å². The van der Waals surface area contributed by atoms with Crippen molar-refractivity contribution in [2.45, 2.75) is 19.3 Å². The molecular weight excluding hydrogens is 261 g/mol. The van der Waals surface area contributed by atoms with Crippen molar-refractivity contribution in [2.24, 2.45) is 5.92 Å². The van der Waals surface area contributed by atoms with Gasteiger partial charge in [0, 0.05) is 13.1 Å². The Morgan fingerprint density at radius 2 is 2.35 bits per heavy atom. The molecule has 0 bridgehead atoms. The van der Waals surface area contributed by atoms with Crippen molar-refractivity contribution in [3.63, 3.8) is 0 Å². The van der Waals surface area contributed by atoms with E-state index in [1.54, 1.807) is 6.07 Å². The fourth-order valence-corrected chi connectivity index (χ4v) is 2.61. The minimum absolute atomic E-state index is 0.248. The van der Waals surface area contributed by atoms with Crippen molar-refractivity contribution in [1.82, 2.24) is 4.90 Å². The van der Waals surface area contributed by atoms with Gasteiger partial charge in [0.2, 0.25) is 0 Å². The van der Waals surface area contributed by atoms with E-state index in [1.165, 1.54) is 13.2 Å². The number of hydrogen-bond donors (Lipinski definition) is 1. The topological polar surface area (TPSA) is 49.8 Å². The molecule has 1 aromatic rings. The van der Waals surface area contributed by atoms with Crippen LogP contribution in [-0.4, -0.2) is 42.7 Å². The lowest BCUT2D eigenvalue weighted by Crippen LogP contribution is -2.39. The summed E-state index contributed by atoms with van der Waals surface area (Å²) in [5, 5.41) is 9.05. The van der Waals surface area contributed by atoms with Crippen LogP contribution in [0.15, 0.2) is 18.2 Å². The molecule has 0 amide bonds. The minimum atomic E-state index is -0.717. The maximum atomic E-state index is 13.6. The van der Waals surface area contributed by atoms with Crippen molar-refractivity contribution < 1.29 is 19.0 Å². The molecule has 1 aliphatic heterocycles. The average molecular weight is 281 g/mol. The van der Waals surface area contributed by atoms with Crippen molar-refractivity contribution in [3.05, 3.63) is 29.6 Å². The molecule has 1 heterocycles. The summed E-state index contributed by atoms with van der Waals surface area (Å²) in [4.78, 5) is 13.1. The van der Waals surface area contributed by atoms with Crippen molar-refractivity contribution in [1.29, 1.82) is 0 Å². The number of likely N-dealkylation sites (tertiary alicyclic amines) is 1. The van der Waals surface area contributed by atoms with E-state index in [0.717, 1.165) is 31.5 Å². The second-order valence-electron chi connectivity index (χ2n) is 5.20. The number of carbonyl (C=O) groups is 1. The van der Waals surface area contributed by atoms with Gasteiger partial charge in [-0.15, -0.1) is 0 Å². The number of methoxy groups -OCH3 is 1. The van der Waals surface area contributed by atoms with Crippen LogP contribution >= 0.6 is 0 Å². The molecule has 1 N–H and O–H groups in total. The molecule has 110 valence electrons. The summed E-state index contributed by atoms with van der Waals surface area (Å²) in [5.41, 5.74) is 0.903. The predicted octanol–water partition coefficient (Wildman–Crippen LogP) is 2.17. The van der Waals surface area contributed by atoms with Gasteiger partial charge < -0.3 is 14.7 Å². The van der Waals surface area contributed by atoms with Crippen molar-refractivity contribution >= 4 is 5.97 Å². The van der Waals surface area contributed by atoms with Crippen LogP contribution in [0.5, 0.6) is 5.75 Å². The van der Waals surface area contributed by atoms with Crippen LogP contribution in [0.3, 0.4) is 0 Å². The highest BCUT2D eigenvalue weighted by atomic mass is 19.1. The van der Waals surface area contributed by atoms with Crippen LogP contribution in [0.1, 0.15) is 18.4 Å². The lowest BCUT2D eigenvalue weighted by atomic mass is 9.98. The Balaban J connectivity index is 1.88. The number of aliphatic carboxylic acids is 1. The SMILES string of the molecule is COc1ccc(CCN2CCCC(C(=O)O)C2)cc1F. The van der Waals surface area contributed by atoms with E-state index in [2.05, 4.69) is 4.90 Å². The Morgan fingerprint density at radius 1 is 1.55 bits per heavy atom. The molecule has 1 fully saturated rings. The van der Waals surface area contributed by atoms with E-state index in [9.17, 15) is 9.18 Å². The number of halogens is 1. The molecule has 1 aromatic carbocycles. The third kappa shape index (κ3) is 3.70. The fraction of sp³-hybridized carbons (Fsp3) is 0.533. The number of carboxylic acids is 1. The van der Waals surface area contributed by atoms with Crippen LogP contribution in [-0.2, 0) is 11.2 Å². The molecule has 4 nitrogen and oxygen atoms in total. The zero-order valence-corrected chi connectivity index (χ0v) is 11.6. The summed E-state index contributed by atoms with van der Waals surface area (Å²) in [6, 6.07) is 4.96. The molecule has 2 rings (SSSR count). The van der Waals surface area contributed by atoms with Gasteiger partial charge in [-0.1, -0.05) is 6.07 Å². The summed E-state index contributed by atoms with van der Waals surface area (Å²) in [6.07, 6.45) is 2.38. The second kappa shape index (κ2) is 6.70.